The summed E-state index contributed by atoms with van der Waals surface area (Å²) in [6, 6.07) is 0. The van der Waals surface area contributed by atoms with Crippen molar-refractivity contribution in [1.29, 1.82) is 0 Å². The van der Waals surface area contributed by atoms with Crippen LogP contribution in [-0.2, 0) is 9.59 Å². The average molecular weight is 298 g/mol. The minimum absolute atomic E-state index is 0.117. The molecule has 124 valence electrons. The predicted molar refractivity (Wildman–Crippen MR) is 83.7 cm³/mol. The second-order valence-electron chi connectivity index (χ2n) is 5.76. The Balaban J connectivity index is 3.18. The van der Waals surface area contributed by atoms with E-state index >= 15 is 0 Å². The Hall–Kier alpha value is -1.06. The van der Waals surface area contributed by atoms with Crippen LogP contribution in [0, 0.1) is 0 Å². The number of hydrogen-bond donors (Lipinski definition) is 1. The molecule has 0 aliphatic heterocycles. The highest BCUT2D eigenvalue weighted by molar-refractivity contribution is 5.75. The summed E-state index contributed by atoms with van der Waals surface area (Å²) in [7, 11) is 0. The van der Waals surface area contributed by atoms with Crippen molar-refractivity contribution in [3.63, 3.8) is 0 Å². The number of aliphatic carboxylic acids is 1. The molecule has 0 aromatic carbocycles. The topological polar surface area (TPSA) is 69.2 Å². The van der Waals surface area contributed by atoms with Gasteiger partial charge >= 0.3 is 0 Å². The number of rotatable bonds is 15. The lowest BCUT2D eigenvalue weighted by molar-refractivity contribution is -0.305. The van der Waals surface area contributed by atoms with Gasteiger partial charge in [0.25, 0.3) is 0 Å². The first kappa shape index (κ1) is 19.9. The summed E-state index contributed by atoms with van der Waals surface area (Å²) in [6.45, 7) is 2.88. The molecule has 0 aromatic heterocycles. The summed E-state index contributed by atoms with van der Waals surface area (Å²) >= 11 is 0. The molecule has 0 aromatic rings. The molecule has 4 heteroatoms. The van der Waals surface area contributed by atoms with Crippen LogP contribution in [0.1, 0.15) is 90.4 Å². The van der Waals surface area contributed by atoms with Crippen molar-refractivity contribution >= 4 is 11.9 Å². The Morgan fingerprint density at radius 3 is 1.90 bits per heavy atom. The Bertz CT molecular complexity index is 267. The summed E-state index contributed by atoms with van der Waals surface area (Å²) in [5.74, 6) is -0.866. The van der Waals surface area contributed by atoms with Crippen LogP contribution >= 0.6 is 0 Å². The summed E-state index contributed by atoms with van der Waals surface area (Å²) in [6.07, 6.45) is 13.0. The fourth-order valence-electron chi connectivity index (χ4n) is 2.31. The zero-order chi connectivity index (χ0) is 15.8. The summed E-state index contributed by atoms with van der Waals surface area (Å²) in [4.78, 5) is 21.7. The van der Waals surface area contributed by atoms with Gasteiger partial charge in [-0.2, -0.15) is 0 Å². The van der Waals surface area contributed by atoms with E-state index in [4.69, 9.17) is 0 Å². The number of carboxylic acid groups (broad SMARTS) is 1. The van der Waals surface area contributed by atoms with Crippen LogP contribution in [0.5, 0.6) is 0 Å². The predicted octanol–water partition coefficient (Wildman–Crippen LogP) is 2.94. The second-order valence-corrected chi connectivity index (χ2v) is 5.76. The molecule has 1 N–H and O–H groups in total. The van der Waals surface area contributed by atoms with Crippen LogP contribution < -0.4 is 10.4 Å². The highest BCUT2D eigenvalue weighted by atomic mass is 16.4. The Morgan fingerprint density at radius 1 is 0.762 bits per heavy atom. The molecule has 0 heterocycles. The number of amides is 1. The fourth-order valence-corrected chi connectivity index (χ4v) is 2.31. The molecule has 0 bridgehead atoms. The van der Waals surface area contributed by atoms with E-state index in [1.807, 2.05) is 0 Å². The number of carbonyl (C=O) groups is 2. The van der Waals surface area contributed by atoms with Crippen molar-refractivity contribution in [2.45, 2.75) is 90.4 Å². The molecule has 0 fully saturated rings. The van der Waals surface area contributed by atoms with E-state index in [2.05, 4.69) is 12.2 Å². The molecule has 1 amide bonds. The number of carbonyl (C=O) groups excluding carboxylic acids is 2. The van der Waals surface area contributed by atoms with E-state index in [9.17, 15) is 14.7 Å². The van der Waals surface area contributed by atoms with Gasteiger partial charge < -0.3 is 15.2 Å². The lowest BCUT2D eigenvalue weighted by Crippen LogP contribution is -2.24. The van der Waals surface area contributed by atoms with Crippen molar-refractivity contribution in [2.24, 2.45) is 0 Å². The lowest BCUT2D eigenvalue weighted by atomic mass is 10.1. The smallest absolute Gasteiger partial charge is 0.219 e. The number of hydrogen-bond acceptors (Lipinski definition) is 3. The van der Waals surface area contributed by atoms with Gasteiger partial charge in [0.2, 0.25) is 5.91 Å². The third kappa shape index (κ3) is 16.9. The van der Waals surface area contributed by atoms with E-state index in [0.717, 1.165) is 25.7 Å². The molecule has 0 aliphatic carbocycles. The van der Waals surface area contributed by atoms with E-state index in [0.29, 0.717) is 19.4 Å². The molecule has 0 unspecified atom stereocenters. The van der Waals surface area contributed by atoms with Gasteiger partial charge in [0.05, 0.1) is 0 Å². The Labute approximate surface area is 129 Å². The maximum Gasteiger partial charge on any atom is 0.219 e. The second kappa shape index (κ2) is 15.3. The molecule has 0 rings (SSSR count). The van der Waals surface area contributed by atoms with E-state index in [1.54, 1.807) is 0 Å². The molecular formula is C17H32NO3-. The number of nitrogens with one attached hydrogen (secondary N) is 1. The van der Waals surface area contributed by atoms with Crippen LogP contribution in [0.2, 0.25) is 0 Å². The number of carboxylic acids is 1. The first-order valence-corrected chi connectivity index (χ1v) is 8.63. The van der Waals surface area contributed by atoms with Crippen LogP contribution in [0.15, 0.2) is 0 Å². The van der Waals surface area contributed by atoms with Crippen LogP contribution in [-0.4, -0.2) is 18.4 Å². The molecule has 4 nitrogen and oxygen atoms in total. The van der Waals surface area contributed by atoms with Crippen molar-refractivity contribution in [1.82, 2.24) is 5.32 Å². The molecule has 0 aliphatic rings. The van der Waals surface area contributed by atoms with Gasteiger partial charge in [0.15, 0.2) is 0 Å². The standard InChI is InChI=1S/C17H33NO3/c1-2-3-4-5-6-7-8-10-13-16(19)18-15-12-9-11-14-17(20)21/h2-15H2,1H3,(H,18,19)(H,20,21)/p-1. The number of unbranched alkanes of at least 4 members (excludes halogenated alkanes) is 9. The van der Waals surface area contributed by atoms with E-state index < -0.39 is 5.97 Å². The molecule has 0 saturated carbocycles. The highest BCUT2D eigenvalue weighted by Crippen LogP contribution is 2.09. The zero-order valence-corrected chi connectivity index (χ0v) is 13.6. The van der Waals surface area contributed by atoms with Gasteiger partial charge in [0, 0.05) is 18.9 Å². The first-order chi connectivity index (χ1) is 10.2. The van der Waals surface area contributed by atoms with Gasteiger partial charge in [-0.05, 0) is 25.7 Å². The maximum absolute atomic E-state index is 11.5. The Kier molecular flexibility index (Phi) is 14.6. The summed E-state index contributed by atoms with van der Waals surface area (Å²) in [5, 5.41) is 13.1. The van der Waals surface area contributed by atoms with Gasteiger partial charge in [0.1, 0.15) is 0 Å². The van der Waals surface area contributed by atoms with Crippen molar-refractivity contribution in [3.8, 4) is 0 Å². The van der Waals surface area contributed by atoms with Gasteiger partial charge in [-0.1, -0.05) is 58.3 Å². The zero-order valence-electron chi connectivity index (χ0n) is 13.6. The molecule has 0 spiro atoms. The third-order valence-electron chi connectivity index (χ3n) is 3.64. The molecule has 0 saturated heterocycles. The van der Waals surface area contributed by atoms with Gasteiger partial charge in [-0.3, -0.25) is 4.79 Å². The van der Waals surface area contributed by atoms with Crippen molar-refractivity contribution < 1.29 is 14.7 Å². The minimum Gasteiger partial charge on any atom is -0.550 e. The summed E-state index contributed by atoms with van der Waals surface area (Å²) in [5.41, 5.74) is 0. The van der Waals surface area contributed by atoms with E-state index in [-0.39, 0.29) is 12.3 Å². The molecule has 21 heavy (non-hydrogen) atoms. The fraction of sp³-hybridized carbons (Fsp3) is 0.882. The molecule has 0 radical (unpaired) electrons. The van der Waals surface area contributed by atoms with Gasteiger partial charge in [-0.25, -0.2) is 0 Å². The minimum atomic E-state index is -0.992. The third-order valence-corrected chi connectivity index (χ3v) is 3.64. The van der Waals surface area contributed by atoms with Gasteiger partial charge in [-0.15, -0.1) is 0 Å². The highest BCUT2D eigenvalue weighted by Gasteiger charge is 2.00. The SMILES string of the molecule is CCCCCCCCCCC(=O)NCCCCCC(=O)[O-]. The van der Waals surface area contributed by atoms with Crippen molar-refractivity contribution in [3.05, 3.63) is 0 Å². The average Bonchev–Trinajstić information content (AvgIpc) is 2.45. The van der Waals surface area contributed by atoms with Crippen molar-refractivity contribution in [2.75, 3.05) is 6.54 Å². The van der Waals surface area contributed by atoms with Crippen LogP contribution in [0.4, 0.5) is 0 Å². The molecule has 0 atom stereocenters. The van der Waals surface area contributed by atoms with E-state index in [1.165, 1.54) is 38.5 Å². The Morgan fingerprint density at radius 2 is 1.29 bits per heavy atom. The lowest BCUT2D eigenvalue weighted by Gasteiger charge is -2.06. The quantitative estimate of drug-likeness (QED) is 0.473. The first-order valence-electron chi connectivity index (χ1n) is 8.63. The van der Waals surface area contributed by atoms with Crippen LogP contribution in [0.3, 0.4) is 0 Å². The van der Waals surface area contributed by atoms with Crippen LogP contribution in [0.25, 0.3) is 0 Å². The monoisotopic (exact) mass is 298 g/mol. The summed E-state index contributed by atoms with van der Waals surface area (Å²) < 4.78 is 0. The largest absolute Gasteiger partial charge is 0.550 e. The molecular weight excluding hydrogens is 266 g/mol. The maximum atomic E-state index is 11.5. The normalized spacial score (nSPS) is 10.5.